The number of alkyl halides is 3. The van der Waals surface area contributed by atoms with E-state index in [4.69, 9.17) is 0 Å². The molecule has 0 spiro atoms. The highest BCUT2D eigenvalue weighted by Gasteiger charge is 2.30. The molecule has 21 heavy (non-hydrogen) atoms. The molecule has 0 bridgehead atoms. The molecule has 5 heteroatoms. The quantitative estimate of drug-likeness (QED) is 0.770. The van der Waals surface area contributed by atoms with Gasteiger partial charge in [0.25, 0.3) is 0 Å². The number of carbonyl (C=O) groups is 1. The van der Waals surface area contributed by atoms with E-state index < -0.39 is 11.7 Å². The normalized spacial score (nSPS) is 16.9. The molecule has 1 fully saturated rings. The fourth-order valence-corrected chi connectivity index (χ4v) is 3.77. The minimum absolute atomic E-state index is 0.00454. The molecule has 1 aromatic rings. The van der Waals surface area contributed by atoms with Gasteiger partial charge in [-0.2, -0.15) is 24.9 Å². The lowest BCUT2D eigenvalue weighted by molar-refractivity contribution is -0.137. The SMILES string of the molecule is O=C(CSC1CCCCC1)Cc1cccc(C(F)(F)F)c1. The molecule has 0 N–H and O–H groups in total. The number of hydrogen-bond donors (Lipinski definition) is 0. The first-order valence-electron chi connectivity index (χ1n) is 7.24. The number of rotatable bonds is 5. The highest BCUT2D eigenvalue weighted by atomic mass is 32.2. The highest BCUT2D eigenvalue weighted by Crippen LogP contribution is 2.30. The molecule has 0 radical (unpaired) electrons. The molecule has 1 aliphatic rings. The Bertz CT molecular complexity index is 479. The smallest absolute Gasteiger partial charge is 0.298 e. The first-order valence-corrected chi connectivity index (χ1v) is 8.29. The molecule has 0 amide bonds. The van der Waals surface area contributed by atoms with Gasteiger partial charge in [0.05, 0.1) is 11.3 Å². The third-order valence-electron chi connectivity index (χ3n) is 3.69. The highest BCUT2D eigenvalue weighted by molar-refractivity contribution is 8.00. The Morgan fingerprint density at radius 2 is 1.90 bits per heavy atom. The van der Waals surface area contributed by atoms with E-state index in [1.807, 2.05) is 0 Å². The van der Waals surface area contributed by atoms with Crippen molar-refractivity contribution in [2.75, 3.05) is 5.75 Å². The van der Waals surface area contributed by atoms with Gasteiger partial charge in [0.2, 0.25) is 0 Å². The summed E-state index contributed by atoms with van der Waals surface area (Å²) < 4.78 is 37.8. The van der Waals surface area contributed by atoms with E-state index in [-0.39, 0.29) is 12.2 Å². The van der Waals surface area contributed by atoms with Gasteiger partial charge < -0.3 is 0 Å². The summed E-state index contributed by atoms with van der Waals surface area (Å²) in [6.45, 7) is 0. The Hall–Kier alpha value is -0.970. The monoisotopic (exact) mass is 316 g/mol. The van der Waals surface area contributed by atoms with Crippen LogP contribution in [0.3, 0.4) is 0 Å². The maximum absolute atomic E-state index is 12.6. The van der Waals surface area contributed by atoms with E-state index in [1.54, 1.807) is 17.8 Å². The van der Waals surface area contributed by atoms with Crippen LogP contribution >= 0.6 is 11.8 Å². The second-order valence-corrected chi connectivity index (χ2v) is 6.77. The molecule has 1 aromatic carbocycles. The predicted octanol–water partition coefficient (Wildman–Crippen LogP) is 4.88. The molecular weight excluding hydrogens is 297 g/mol. The van der Waals surface area contributed by atoms with E-state index in [9.17, 15) is 18.0 Å². The Labute approximate surface area is 127 Å². The van der Waals surface area contributed by atoms with Gasteiger partial charge in [0.15, 0.2) is 0 Å². The summed E-state index contributed by atoms with van der Waals surface area (Å²) in [6.07, 6.45) is 1.76. The largest absolute Gasteiger partial charge is 0.416 e. The average Bonchev–Trinajstić information content (AvgIpc) is 2.46. The molecular formula is C16H19F3OS. The van der Waals surface area contributed by atoms with E-state index in [2.05, 4.69) is 0 Å². The number of thioether (sulfide) groups is 1. The summed E-state index contributed by atoms with van der Waals surface area (Å²) in [6, 6.07) is 5.05. The number of carbonyl (C=O) groups excluding carboxylic acids is 1. The number of halogens is 3. The number of Topliss-reactive ketones (excluding diaryl/α,β-unsaturated/α-hetero) is 1. The van der Waals surface area contributed by atoms with Crippen LogP contribution in [0.5, 0.6) is 0 Å². The van der Waals surface area contributed by atoms with Gasteiger partial charge in [-0.25, -0.2) is 0 Å². The van der Waals surface area contributed by atoms with Gasteiger partial charge in [0, 0.05) is 11.7 Å². The Morgan fingerprint density at radius 1 is 1.19 bits per heavy atom. The maximum atomic E-state index is 12.6. The molecule has 1 nitrogen and oxygen atoms in total. The van der Waals surface area contributed by atoms with Gasteiger partial charge in [-0.3, -0.25) is 4.79 Å². The molecule has 0 heterocycles. The lowest BCUT2D eigenvalue weighted by Gasteiger charge is -2.20. The molecule has 116 valence electrons. The van der Waals surface area contributed by atoms with Crippen LogP contribution < -0.4 is 0 Å². The fraction of sp³-hybridized carbons (Fsp3) is 0.562. The summed E-state index contributed by atoms with van der Waals surface area (Å²) in [4.78, 5) is 11.9. The zero-order valence-electron chi connectivity index (χ0n) is 11.8. The maximum Gasteiger partial charge on any atom is 0.416 e. The Kier molecular flexibility index (Phi) is 5.73. The van der Waals surface area contributed by atoms with Crippen LogP contribution in [0.4, 0.5) is 13.2 Å². The van der Waals surface area contributed by atoms with Gasteiger partial charge in [-0.1, -0.05) is 37.5 Å². The summed E-state index contributed by atoms with van der Waals surface area (Å²) in [5.74, 6) is 0.408. The molecule has 0 aliphatic heterocycles. The van der Waals surface area contributed by atoms with Crippen molar-refractivity contribution in [2.45, 2.75) is 50.0 Å². The summed E-state index contributed by atoms with van der Waals surface area (Å²) >= 11 is 1.66. The van der Waals surface area contributed by atoms with Gasteiger partial charge in [-0.15, -0.1) is 0 Å². The minimum Gasteiger partial charge on any atom is -0.298 e. The second kappa shape index (κ2) is 7.34. The number of ketones is 1. The van der Waals surface area contributed by atoms with Crippen molar-refractivity contribution in [3.05, 3.63) is 35.4 Å². The summed E-state index contributed by atoms with van der Waals surface area (Å²) in [7, 11) is 0. The van der Waals surface area contributed by atoms with Crippen LogP contribution in [0.15, 0.2) is 24.3 Å². The first kappa shape index (κ1) is 16.4. The minimum atomic E-state index is -4.35. The van der Waals surface area contributed by atoms with Crippen LogP contribution in [0.2, 0.25) is 0 Å². The Morgan fingerprint density at radius 3 is 2.57 bits per heavy atom. The van der Waals surface area contributed by atoms with Crippen molar-refractivity contribution < 1.29 is 18.0 Å². The van der Waals surface area contributed by atoms with E-state index in [1.165, 1.54) is 25.3 Å². The van der Waals surface area contributed by atoms with Crippen molar-refractivity contribution in [2.24, 2.45) is 0 Å². The van der Waals surface area contributed by atoms with E-state index in [0.717, 1.165) is 25.0 Å². The topological polar surface area (TPSA) is 17.1 Å². The van der Waals surface area contributed by atoms with Crippen molar-refractivity contribution in [1.82, 2.24) is 0 Å². The van der Waals surface area contributed by atoms with Gasteiger partial charge in [-0.05, 0) is 24.5 Å². The van der Waals surface area contributed by atoms with Crippen LogP contribution in [-0.4, -0.2) is 16.8 Å². The summed E-state index contributed by atoms with van der Waals surface area (Å²) in [5.41, 5.74) is -0.244. The molecule has 1 saturated carbocycles. The average molecular weight is 316 g/mol. The van der Waals surface area contributed by atoms with Crippen molar-refractivity contribution in [3.8, 4) is 0 Å². The third kappa shape index (κ3) is 5.38. The predicted molar refractivity (Wildman–Crippen MR) is 79.5 cm³/mol. The number of benzene rings is 1. The van der Waals surface area contributed by atoms with E-state index in [0.29, 0.717) is 16.6 Å². The zero-order valence-corrected chi connectivity index (χ0v) is 12.6. The molecule has 0 saturated heterocycles. The molecule has 0 atom stereocenters. The van der Waals surface area contributed by atoms with Gasteiger partial charge >= 0.3 is 6.18 Å². The van der Waals surface area contributed by atoms with Crippen LogP contribution in [-0.2, 0) is 17.4 Å². The molecule has 0 unspecified atom stereocenters. The standard InChI is InChI=1S/C16H19F3OS/c17-16(18,19)13-6-4-5-12(9-13)10-14(20)11-21-15-7-2-1-3-8-15/h4-6,9,15H,1-3,7-8,10-11H2. The fourth-order valence-electron chi connectivity index (χ4n) is 2.58. The third-order valence-corrected chi connectivity index (χ3v) is 5.12. The Balaban J connectivity index is 1.84. The molecule has 0 aromatic heterocycles. The number of hydrogen-bond acceptors (Lipinski definition) is 2. The van der Waals surface area contributed by atoms with Crippen molar-refractivity contribution in [1.29, 1.82) is 0 Å². The van der Waals surface area contributed by atoms with Crippen LogP contribution in [0.25, 0.3) is 0 Å². The zero-order chi connectivity index (χ0) is 15.3. The van der Waals surface area contributed by atoms with Crippen molar-refractivity contribution in [3.63, 3.8) is 0 Å². The molecule has 2 rings (SSSR count). The van der Waals surface area contributed by atoms with Crippen LogP contribution in [0, 0.1) is 0 Å². The van der Waals surface area contributed by atoms with Crippen LogP contribution in [0.1, 0.15) is 43.2 Å². The molecule has 1 aliphatic carbocycles. The van der Waals surface area contributed by atoms with Crippen molar-refractivity contribution >= 4 is 17.5 Å². The lowest BCUT2D eigenvalue weighted by Crippen LogP contribution is -2.14. The second-order valence-electron chi connectivity index (χ2n) is 5.48. The first-order chi connectivity index (χ1) is 9.95. The summed E-state index contributed by atoms with van der Waals surface area (Å²) in [5, 5.41) is 0.546. The van der Waals surface area contributed by atoms with E-state index >= 15 is 0 Å². The van der Waals surface area contributed by atoms with Gasteiger partial charge in [0.1, 0.15) is 5.78 Å². The lowest BCUT2D eigenvalue weighted by atomic mass is 10.0.